The monoisotopic (exact) mass is 159 g/mol. The van der Waals surface area contributed by atoms with Crippen molar-refractivity contribution in [3.8, 4) is 0 Å². The Bertz CT molecular complexity index is 177. The van der Waals surface area contributed by atoms with Crippen LogP contribution in [0, 0.1) is 0 Å². The maximum atomic E-state index is 10.7. The van der Waals surface area contributed by atoms with Gasteiger partial charge >= 0.3 is 0 Å². The van der Waals surface area contributed by atoms with E-state index in [1.807, 2.05) is 0 Å². The maximum absolute atomic E-state index is 10.7. The number of hydrogen-bond donors (Lipinski definition) is 1. The molecule has 0 fully saturated rings. The molecule has 0 rings (SSSR count). The molecule has 0 aliphatic rings. The summed E-state index contributed by atoms with van der Waals surface area (Å²) in [6.45, 7) is 4.91. The van der Waals surface area contributed by atoms with E-state index in [0.29, 0.717) is 5.57 Å². The third-order valence-electron chi connectivity index (χ3n) is 0.789. The lowest BCUT2D eigenvalue weighted by atomic mass is 10.3. The number of nitrogens with one attached hydrogen (secondary N) is 1. The Balaban J connectivity index is 3.80. The number of thioether (sulfide) groups is 1. The molecule has 0 aliphatic carbocycles. The second-order valence-corrected chi connectivity index (χ2v) is 2.51. The van der Waals surface area contributed by atoms with E-state index in [-0.39, 0.29) is 5.24 Å². The first-order valence-electron chi connectivity index (χ1n) is 2.62. The van der Waals surface area contributed by atoms with Crippen LogP contribution < -0.4 is 5.32 Å². The molecule has 10 heavy (non-hydrogen) atoms. The minimum Gasteiger partial charge on any atom is -0.283 e. The molecule has 0 radical (unpaired) electrons. The number of carbonyl (C=O) groups is 2. The molecule has 1 N–H and O–H groups in total. The lowest BCUT2D eigenvalue weighted by Gasteiger charge is -1.98. The lowest BCUT2D eigenvalue weighted by molar-refractivity contribution is -0.116. The van der Waals surface area contributed by atoms with Gasteiger partial charge in [-0.25, -0.2) is 0 Å². The summed E-state index contributed by atoms with van der Waals surface area (Å²) in [6, 6.07) is 0. The first-order chi connectivity index (χ1) is 4.57. The third-order valence-corrected chi connectivity index (χ3v) is 1.26. The van der Waals surface area contributed by atoms with Gasteiger partial charge in [-0.05, 0) is 13.2 Å². The van der Waals surface area contributed by atoms with Crippen molar-refractivity contribution in [3.63, 3.8) is 0 Å². The minimum atomic E-state index is -0.417. The zero-order chi connectivity index (χ0) is 8.15. The van der Waals surface area contributed by atoms with Gasteiger partial charge in [-0.2, -0.15) is 0 Å². The molecule has 3 nitrogen and oxygen atoms in total. The minimum absolute atomic E-state index is 0.336. The molecule has 0 saturated carbocycles. The van der Waals surface area contributed by atoms with Crippen LogP contribution in [-0.4, -0.2) is 17.4 Å². The predicted molar refractivity (Wildman–Crippen MR) is 41.9 cm³/mol. The van der Waals surface area contributed by atoms with E-state index in [0.717, 1.165) is 11.8 Å². The zero-order valence-corrected chi connectivity index (χ0v) is 6.75. The van der Waals surface area contributed by atoms with Gasteiger partial charge in [-0.3, -0.25) is 14.9 Å². The summed E-state index contributed by atoms with van der Waals surface area (Å²) in [4.78, 5) is 21.2. The fourth-order valence-electron chi connectivity index (χ4n) is 0.250. The molecule has 0 saturated heterocycles. The normalized spacial score (nSPS) is 8.60. The number of rotatable bonds is 1. The van der Waals surface area contributed by atoms with Crippen LogP contribution in [0.1, 0.15) is 6.92 Å². The Labute approximate surface area is 63.9 Å². The number of carbonyl (C=O) groups excluding carboxylic acids is 2. The Morgan fingerprint density at radius 1 is 1.50 bits per heavy atom. The first kappa shape index (κ1) is 9.23. The Kier molecular flexibility index (Phi) is 3.79. The van der Waals surface area contributed by atoms with E-state index in [1.54, 1.807) is 13.2 Å². The van der Waals surface area contributed by atoms with Crippen molar-refractivity contribution < 1.29 is 9.59 Å². The van der Waals surface area contributed by atoms with Crippen LogP contribution in [0.25, 0.3) is 0 Å². The van der Waals surface area contributed by atoms with Crippen LogP contribution in [0.5, 0.6) is 0 Å². The summed E-state index contributed by atoms with van der Waals surface area (Å²) in [7, 11) is 0. The molecule has 0 aromatic rings. The highest BCUT2D eigenvalue weighted by Gasteiger charge is 2.04. The highest BCUT2D eigenvalue weighted by molar-refractivity contribution is 8.13. The fraction of sp³-hybridized carbons (Fsp3) is 0.333. The van der Waals surface area contributed by atoms with Crippen molar-refractivity contribution in [2.75, 3.05) is 6.26 Å². The lowest BCUT2D eigenvalue weighted by Crippen LogP contribution is -2.26. The van der Waals surface area contributed by atoms with Gasteiger partial charge in [0.05, 0.1) is 0 Å². The summed E-state index contributed by atoms with van der Waals surface area (Å²) < 4.78 is 0. The smallest absolute Gasteiger partial charge is 0.283 e. The highest BCUT2D eigenvalue weighted by atomic mass is 32.2. The molecule has 0 aliphatic heterocycles. The van der Waals surface area contributed by atoms with E-state index >= 15 is 0 Å². The molecule has 4 heteroatoms. The van der Waals surface area contributed by atoms with Crippen LogP contribution >= 0.6 is 11.8 Å². The van der Waals surface area contributed by atoms with Gasteiger partial charge in [-0.1, -0.05) is 18.3 Å². The van der Waals surface area contributed by atoms with Gasteiger partial charge in [0.1, 0.15) is 0 Å². The maximum Gasteiger partial charge on any atom is 0.285 e. The van der Waals surface area contributed by atoms with Crippen molar-refractivity contribution in [1.29, 1.82) is 0 Å². The molecular weight excluding hydrogens is 150 g/mol. The molecule has 2 amide bonds. The first-order valence-corrected chi connectivity index (χ1v) is 3.85. The number of hydrogen-bond acceptors (Lipinski definition) is 3. The van der Waals surface area contributed by atoms with Gasteiger partial charge in [-0.15, -0.1) is 0 Å². The second kappa shape index (κ2) is 4.11. The van der Waals surface area contributed by atoms with Crippen LogP contribution in [-0.2, 0) is 4.79 Å². The molecule has 56 valence electrons. The Morgan fingerprint density at radius 3 is 2.30 bits per heavy atom. The van der Waals surface area contributed by atoms with Gasteiger partial charge < -0.3 is 0 Å². The average molecular weight is 159 g/mol. The van der Waals surface area contributed by atoms with Crippen LogP contribution in [0.2, 0.25) is 0 Å². The quantitative estimate of drug-likeness (QED) is 0.584. The SMILES string of the molecule is C=C(C)C(=O)NC(=O)SC. The summed E-state index contributed by atoms with van der Waals surface area (Å²) in [5.41, 5.74) is 0.336. The van der Waals surface area contributed by atoms with E-state index in [2.05, 4.69) is 11.9 Å². The molecule has 0 heterocycles. The van der Waals surface area contributed by atoms with Crippen molar-refractivity contribution in [3.05, 3.63) is 12.2 Å². The Morgan fingerprint density at radius 2 is 2.00 bits per heavy atom. The molecular formula is C6H9NO2S. The fourth-order valence-corrected chi connectivity index (χ4v) is 0.445. The van der Waals surface area contributed by atoms with Crippen molar-refractivity contribution in [2.24, 2.45) is 0 Å². The second-order valence-electron chi connectivity index (χ2n) is 1.73. The van der Waals surface area contributed by atoms with E-state index in [4.69, 9.17) is 0 Å². The topological polar surface area (TPSA) is 46.2 Å². The van der Waals surface area contributed by atoms with Gasteiger partial charge in [0.25, 0.3) is 11.1 Å². The molecule has 0 unspecified atom stereocenters. The van der Waals surface area contributed by atoms with Crippen molar-refractivity contribution in [2.45, 2.75) is 6.92 Å². The average Bonchev–Trinajstić information content (AvgIpc) is 1.87. The van der Waals surface area contributed by atoms with Crippen LogP contribution in [0.3, 0.4) is 0 Å². The van der Waals surface area contributed by atoms with Gasteiger partial charge in [0, 0.05) is 5.57 Å². The van der Waals surface area contributed by atoms with Crippen LogP contribution in [0.4, 0.5) is 4.79 Å². The van der Waals surface area contributed by atoms with E-state index in [9.17, 15) is 9.59 Å². The van der Waals surface area contributed by atoms with E-state index in [1.165, 1.54) is 0 Å². The molecule has 0 spiro atoms. The third kappa shape index (κ3) is 3.29. The number of amides is 2. The Hall–Kier alpha value is -0.770. The summed E-state index contributed by atoms with van der Waals surface area (Å²) >= 11 is 0.959. The standard InChI is InChI=1S/C6H9NO2S/c1-4(2)5(8)7-6(9)10-3/h1H2,2-3H3,(H,7,8,9). The molecule has 0 aromatic heterocycles. The summed E-state index contributed by atoms with van der Waals surface area (Å²) in [5, 5.41) is 1.76. The van der Waals surface area contributed by atoms with E-state index < -0.39 is 5.91 Å². The predicted octanol–water partition coefficient (Wildman–Crippen LogP) is 1.16. The summed E-state index contributed by atoms with van der Waals surface area (Å²) in [6.07, 6.45) is 1.60. The van der Waals surface area contributed by atoms with Crippen LogP contribution in [0.15, 0.2) is 12.2 Å². The van der Waals surface area contributed by atoms with Crippen molar-refractivity contribution >= 4 is 22.9 Å². The molecule has 0 bridgehead atoms. The molecule has 0 atom stereocenters. The zero-order valence-electron chi connectivity index (χ0n) is 5.93. The van der Waals surface area contributed by atoms with Gasteiger partial charge in [0.15, 0.2) is 0 Å². The van der Waals surface area contributed by atoms with Crippen molar-refractivity contribution in [1.82, 2.24) is 5.32 Å². The highest BCUT2D eigenvalue weighted by Crippen LogP contribution is 1.94. The summed E-state index contributed by atoms with van der Waals surface area (Å²) in [5.74, 6) is -0.417. The number of imide groups is 1. The largest absolute Gasteiger partial charge is 0.285 e. The van der Waals surface area contributed by atoms with Gasteiger partial charge in [0.2, 0.25) is 0 Å². The molecule has 0 aromatic carbocycles.